The summed E-state index contributed by atoms with van der Waals surface area (Å²) in [4.78, 5) is 0. The van der Waals surface area contributed by atoms with Gasteiger partial charge in [0.05, 0.1) is 0 Å². The molecule has 1 fully saturated rings. The van der Waals surface area contributed by atoms with Crippen LogP contribution in [-0.4, -0.2) is 18.2 Å². The zero-order valence-electron chi connectivity index (χ0n) is 15.9. The molecule has 3 aromatic rings. The maximum absolute atomic E-state index is 11.4. The van der Waals surface area contributed by atoms with Crippen LogP contribution in [0.2, 0.25) is 0 Å². The SMILES string of the molecule is C1CCNCC1.OC(Cc1ccccc1)(c1ccccc1)c1ccccc1. The van der Waals surface area contributed by atoms with Gasteiger partial charge in [0.25, 0.3) is 0 Å². The Balaban J connectivity index is 0.000000299. The Bertz CT molecular complexity index is 716. The van der Waals surface area contributed by atoms with Gasteiger partial charge in [0.1, 0.15) is 5.60 Å². The molecule has 0 unspecified atom stereocenters. The van der Waals surface area contributed by atoms with E-state index in [2.05, 4.69) is 17.4 Å². The molecule has 3 aromatic carbocycles. The Labute approximate surface area is 162 Å². The molecule has 0 spiro atoms. The fourth-order valence-corrected chi connectivity index (χ4v) is 3.49. The van der Waals surface area contributed by atoms with Gasteiger partial charge < -0.3 is 10.4 Å². The summed E-state index contributed by atoms with van der Waals surface area (Å²) < 4.78 is 0. The van der Waals surface area contributed by atoms with E-state index in [4.69, 9.17) is 0 Å². The molecule has 2 N–H and O–H groups in total. The molecule has 0 bridgehead atoms. The van der Waals surface area contributed by atoms with Crippen molar-refractivity contribution in [3.05, 3.63) is 108 Å². The molecular formula is C25H29NO. The molecule has 27 heavy (non-hydrogen) atoms. The van der Waals surface area contributed by atoms with Crippen molar-refractivity contribution in [2.24, 2.45) is 0 Å². The van der Waals surface area contributed by atoms with Crippen molar-refractivity contribution in [2.75, 3.05) is 13.1 Å². The van der Waals surface area contributed by atoms with E-state index in [1.165, 1.54) is 32.4 Å². The summed E-state index contributed by atoms with van der Waals surface area (Å²) in [6.45, 7) is 2.50. The molecule has 2 nitrogen and oxygen atoms in total. The predicted octanol–water partition coefficient (Wildman–Crippen LogP) is 4.93. The molecule has 0 aromatic heterocycles. The number of aliphatic hydroxyl groups is 1. The maximum atomic E-state index is 11.4. The molecule has 0 aliphatic carbocycles. The summed E-state index contributed by atoms with van der Waals surface area (Å²) in [5, 5.41) is 14.7. The Hall–Kier alpha value is -2.42. The summed E-state index contributed by atoms with van der Waals surface area (Å²) in [5.74, 6) is 0. The largest absolute Gasteiger partial charge is 0.380 e. The minimum Gasteiger partial charge on any atom is -0.380 e. The van der Waals surface area contributed by atoms with Gasteiger partial charge in [-0.2, -0.15) is 0 Å². The standard InChI is InChI=1S/C20H18O.C5H11N/c21-20(18-12-6-2-7-13-18,19-14-8-3-9-15-19)16-17-10-4-1-5-11-17;1-2-4-6-5-3-1/h1-15,21H,16H2;6H,1-5H2. The van der Waals surface area contributed by atoms with Gasteiger partial charge in [0.15, 0.2) is 0 Å². The van der Waals surface area contributed by atoms with Crippen LogP contribution in [0.5, 0.6) is 0 Å². The van der Waals surface area contributed by atoms with Crippen LogP contribution < -0.4 is 5.32 Å². The Morgan fingerprint density at radius 1 is 0.630 bits per heavy atom. The molecule has 0 amide bonds. The molecule has 2 heteroatoms. The molecule has 1 aliphatic rings. The Morgan fingerprint density at radius 2 is 1.07 bits per heavy atom. The third-order valence-corrected chi connectivity index (χ3v) is 5.01. The summed E-state index contributed by atoms with van der Waals surface area (Å²) >= 11 is 0. The lowest BCUT2D eigenvalue weighted by molar-refractivity contribution is 0.0811. The average molecular weight is 360 g/mol. The van der Waals surface area contributed by atoms with Gasteiger partial charge in [-0.25, -0.2) is 0 Å². The fraction of sp³-hybridized carbons (Fsp3) is 0.280. The molecule has 1 saturated heterocycles. The fourth-order valence-electron chi connectivity index (χ4n) is 3.49. The second-order valence-corrected chi connectivity index (χ2v) is 7.07. The lowest BCUT2D eigenvalue weighted by Crippen LogP contribution is -2.30. The van der Waals surface area contributed by atoms with Gasteiger partial charge in [-0.15, -0.1) is 0 Å². The van der Waals surface area contributed by atoms with Gasteiger partial charge in [0, 0.05) is 6.42 Å². The molecule has 1 aliphatic heterocycles. The van der Waals surface area contributed by atoms with Crippen LogP contribution in [0.25, 0.3) is 0 Å². The highest BCUT2D eigenvalue weighted by atomic mass is 16.3. The second kappa shape index (κ2) is 10.1. The number of piperidine rings is 1. The number of rotatable bonds is 4. The predicted molar refractivity (Wildman–Crippen MR) is 113 cm³/mol. The van der Waals surface area contributed by atoms with Crippen LogP contribution in [-0.2, 0) is 12.0 Å². The highest BCUT2D eigenvalue weighted by Gasteiger charge is 2.31. The van der Waals surface area contributed by atoms with Crippen molar-refractivity contribution in [1.82, 2.24) is 5.32 Å². The van der Waals surface area contributed by atoms with Gasteiger partial charge in [-0.3, -0.25) is 0 Å². The number of hydrogen-bond donors (Lipinski definition) is 2. The Morgan fingerprint density at radius 3 is 1.44 bits per heavy atom. The number of nitrogens with one attached hydrogen (secondary N) is 1. The van der Waals surface area contributed by atoms with Crippen LogP contribution in [0.3, 0.4) is 0 Å². The highest BCUT2D eigenvalue weighted by Crippen LogP contribution is 2.33. The van der Waals surface area contributed by atoms with Crippen molar-refractivity contribution < 1.29 is 5.11 Å². The lowest BCUT2D eigenvalue weighted by Gasteiger charge is -2.29. The van der Waals surface area contributed by atoms with Crippen LogP contribution in [0.1, 0.15) is 36.0 Å². The van der Waals surface area contributed by atoms with Crippen molar-refractivity contribution in [1.29, 1.82) is 0 Å². The maximum Gasteiger partial charge on any atom is 0.119 e. The topological polar surface area (TPSA) is 32.3 Å². The smallest absolute Gasteiger partial charge is 0.119 e. The molecule has 1 heterocycles. The summed E-state index contributed by atoms with van der Waals surface area (Å²) in [6, 6.07) is 29.8. The summed E-state index contributed by atoms with van der Waals surface area (Å²) in [6.07, 6.45) is 4.77. The van der Waals surface area contributed by atoms with E-state index >= 15 is 0 Å². The first-order chi connectivity index (χ1) is 13.3. The molecule has 4 rings (SSSR count). The second-order valence-electron chi connectivity index (χ2n) is 7.07. The third-order valence-electron chi connectivity index (χ3n) is 5.01. The molecule has 0 saturated carbocycles. The van der Waals surface area contributed by atoms with Crippen LogP contribution in [0.4, 0.5) is 0 Å². The van der Waals surface area contributed by atoms with E-state index in [-0.39, 0.29) is 0 Å². The van der Waals surface area contributed by atoms with Crippen molar-refractivity contribution in [3.63, 3.8) is 0 Å². The first-order valence-electron chi connectivity index (χ1n) is 9.87. The summed E-state index contributed by atoms with van der Waals surface area (Å²) in [7, 11) is 0. The van der Waals surface area contributed by atoms with Gasteiger partial charge in [0.2, 0.25) is 0 Å². The molecule has 140 valence electrons. The quantitative estimate of drug-likeness (QED) is 0.693. The van der Waals surface area contributed by atoms with E-state index < -0.39 is 5.60 Å². The van der Waals surface area contributed by atoms with Crippen LogP contribution in [0, 0.1) is 0 Å². The highest BCUT2D eigenvalue weighted by molar-refractivity contribution is 5.38. The average Bonchev–Trinajstić information content (AvgIpc) is 2.77. The van der Waals surface area contributed by atoms with Gasteiger partial charge >= 0.3 is 0 Å². The van der Waals surface area contributed by atoms with E-state index in [0.717, 1.165) is 16.7 Å². The van der Waals surface area contributed by atoms with Crippen molar-refractivity contribution in [3.8, 4) is 0 Å². The minimum absolute atomic E-state index is 0.557. The first kappa shape index (κ1) is 19.3. The van der Waals surface area contributed by atoms with E-state index in [9.17, 15) is 5.11 Å². The third kappa shape index (κ3) is 5.53. The zero-order chi connectivity index (χ0) is 18.8. The molecule has 0 radical (unpaired) electrons. The Kier molecular flexibility index (Phi) is 7.20. The molecular weight excluding hydrogens is 330 g/mol. The van der Waals surface area contributed by atoms with Gasteiger partial charge in [-0.1, -0.05) is 97.4 Å². The van der Waals surface area contributed by atoms with Gasteiger partial charge in [-0.05, 0) is 42.6 Å². The first-order valence-corrected chi connectivity index (χ1v) is 9.87. The number of benzene rings is 3. The molecule has 0 atom stereocenters. The van der Waals surface area contributed by atoms with E-state index in [1.807, 2.05) is 78.9 Å². The van der Waals surface area contributed by atoms with Crippen LogP contribution in [0.15, 0.2) is 91.0 Å². The monoisotopic (exact) mass is 359 g/mol. The number of hydrogen-bond acceptors (Lipinski definition) is 2. The minimum atomic E-state index is -1.01. The zero-order valence-corrected chi connectivity index (χ0v) is 15.9. The lowest BCUT2D eigenvalue weighted by atomic mass is 9.81. The van der Waals surface area contributed by atoms with Crippen molar-refractivity contribution >= 4 is 0 Å². The van der Waals surface area contributed by atoms with E-state index in [0.29, 0.717) is 6.42 Å². The normalized spacial score (nSPS) is 14.1. The van der Waals surface area contributed by atoms with Crippen LogP contribution >= 0.6 is 0 Å². The van der Waals surface area contributed by atoms with E-state index in [1.54, 1.807) is 0 Å². The van der Waals surface area contributed by atoms with Crippen molar-refractivity contribution in [2.45, 2.75) is 31.3 Å². The summed E-state index contributed by atoms with van der Waals surface area (Å²) in [5.41, 5.74) is 1.94.